The zero-order valence-corrected chi connectivity index (χ0v) is 16.2. The first-order chi connectivity index (χ1) is 12.2. The summed E-state index contributed by atoms with van der Waals surface area (Å²) in [6.45, 7) is 7.54. The molecule has 1 saturated heterocycles. The maximum Gasteiger partial charge on any atom is 0.326 e. The van der Waals surface area contributed by atoms with Gasteiger partial charge in [0.05, 0.1) is 0 Å². The van der Waals surface area contributed by atoms with Gasteiger partial charge in [-0.25, -0.2) is 4.79 Å². The molecule has 0 spiro atoms. The van der Waals surface area contributed by atoms with Crippen molar-refractivity contribution in [3.63, 3.8) is 0 Å². The first kappa shape index (κ1) is 18.8. The second-order valence-electron chi connectivity index (χ2n) is 7.49. The van der Waals surface area contributed by atoms with Crippen LogP contribution in [0.15, 0.2) is 24.3 Å². The lowest BCUT2D eigenvalue weighted by Gasteiger charge is -2.31. The number of aliphatic carboxylic acids is 1. The summed E-state index contributed by atoms with van der Waals surface area (Å²) in [5.41, 5.74) is 1.54. The van der Waals surface area contributed by atoms with E-state index in [2.05, 4.69) is 5.32 Å². The number of amides is 2. The van der Waals surface area contributed by atoms with Gasteiger partial charge in [0.2, 0.25) is 5.91 Å². The van der Waals surface area contributed by atoms with Crippen molar-refractivity contribution in [1.29, 1.82) is 0 Å². The Balaban J connectivity index is 1.91. The summed E-state index contributed by atoms with van der Waals surface area (Å²) in [4.78, 5) is 39.2. The smallest absolute Gasteiger partial charge is 0.326 e. The average molecular weight is 376 g/mol. The van der Waals surface area contributed by atoms with Gasteiger partial charge in [-0.05, 0) is 31.4 Å². The van der Waals surface area contributed by atoms with Gasteiger partial charge in [0, 0.05) is 10.3 Å². The van der Waals surface area contributed by atoms with E-state index in [1.165, 1.54) is 0 Å². The van der Waals surface area contributed by atoms with Crippen molar-refractivity contribution < 1.29 is 19.5 Å². The second kappa shape index (κ2) is 6.61. The Morgan fingerprint density at radius 2 is 2.00 bits per heavy atom. The number of rotatable bonds is 5. The number of nitrogens with zero attached hydrogens (tertiary/aromatic N) is 1. The SMILES string of the molecule is CC[C@H](C)[C@H](NC(=O)[C@@H]1N2C(=O)c3ccccc3[C@H]2SC1(C)C)C(=O)O. The summed E-state index contributed by atoms with van der Waals surface area (Å²) in [7, 11) is 0. The number of carboxylic acid groups (broad SMARTS) is 1. The fraction of sp³-hybridized carbons (Fsp3) is 0.526. The monoisotopic (exact) mass is 376 g/mol. The van der Waals surface area contributed by atoms with E-state index in [-0.39, 0.29) is 17.2 Å². The van der Waals surface area contributed by atoms with Gasteiger partial charge in [0.1, 0.15) is 17.5 Å². The number of hydrogen-bond acceptors (Lipinski definition) is 4. The van der Waals surface area contributed by atoms with Crippen molar-refractivity contribution in [3.05, 3.63) is 35.4 Å². The number of nitrogens with one attached hydrogen (secondary N) is 1. The Bertz CT molecular complexity index is 764. The van der Waals surface area contributed by atoms with Crippen molar-refractivity contribution >= 4 is 29.5 Å². The summed E-state index contributed by atoms with van der Waals surface area (Å²) in [6.07, 6.45) is 0.636. The van der Waals surface area contributed by atoms with Gasteiger partial charge in [0.15, 0.2) is 0 Å². The van der Waals surface area contributed by atoms with Gasteiger partial charge in [-0.1, -0.05) is 38.5 Å². The molecule has 7 heteroatoms. The first-order valence-corrected chi connectivity index (χ1v) is 9.69. The number of hydrogen-bond donors (Lipinski definition) is 2. The molecule has 6 nitrogen and oxygen atoms in total. The zero-order chi connectivity index (χ0) is 19.2. The lowest BCUT2D eigenvalue weighted by Crippen LogP contribution is -2.56. The first-order valence-electron chi connectivity index (χ1n) is 8.81. The quantitative estimate of drug-likeness (QED) is 0.825. The van der Waals surface area contributed by atoms with E-state index in [0.29, 0.717) is 12.0 Å². The van der Waals surface area contributed by atoms with Crippen LogP contribution >= 0.6 is 11.8 Å². The molecule has 0 aliphatic carbocycles. The highest BCUT2D eigenvalue weighted by Gasteiger charge is 2.57. The fourth-order valence-electron chi connectivity index (χ4n) is 3.72. The van der Waals surface area contributed by atoms with Gasteiger partial charge in [-0.3, -0.25) is 9.59 Å². The van der Waals surface area contributed by atoms with Crippen LogP contribution in [0.2, 0.25) is 0 Å². The Morgan fingerprint density at radius 1 is 1.35 bits per heavy atom. The predicted octanol–water partition coefficient (Wildman–Crippen LogP) is 2.65. The molecule has 140 valence electrons. The predicted molar refractivity (Wildman–Crippen MR) is 99.8 cm³/mol. The maximum absolute atomic E-state index is 13.1. The standard InChI is InChI=1S/C19H24N2O4S/c1-5-10(2)13(18(24)25)20-15(22)14-19(3,4)26-17-12-9-7-6-8-11(12)16(23)21(14)17/h6-10,13-14,17H,5H2,1-4H3,(H,20,22)(H,24,25)/t10-,13-,14-,17+/m0/s1. The number of carbonyl (C=O) groups excluding carboxylic acids is 2. The Kier molecular flexibility index (Phi) is 4.77. The van der Waals surface area contributed by atoms with Crippen LogP contribution in [0.4, 0.5) is 0 Å². The summed E-state index contributed by atoms with van der Waals surface area (Å²) in [5, 5.41) is 11.9. The Labute approximate surface area is 157 Å². The van der Waals surface area contributed by atoms with Gasteiger partial charge < -0.3 is 15.3 Å². The van der Waals surface area contributed by atoms with Crippen LogP contribution in [-0.4, -0.2) is 44.6 Å². The minimum atomic E-state index is -1.05. The normalized spacial score (nSPS) is 25.4. The lowest BCUT2D eigenvalue weighted by molar-refractivity contribution is -0.144. The molecule has 2 amide bonds. The fourth-order valence-corrected chi connectivity index (χ4v) is 5.31. The topological polar surface area (TPSA) is 86.7 Å². The van der Waals surface area contributed by atoms with Gasteiger partial charge >= 0.3 is 5.97 Å². The summed E-state index contributed by atoms with van der Waals surface area (Å²) < 4.78 is -0.517. The third-order valence-electron chi connectivity index (χ3n) is 5.32. The zero-order valence-electron chi connectivity index (χ0n) is 15.4. The van der Waals surface area contributed by atoms with E-state index in [0.717, 1.165) is 5.56 Å². The molecular weight excluding hydrogens is 352 g/mol. The van der Waals surface area contributed by atoms with Gasteiger partial charge in [0.25, 0.3) is 5.91 Å². The van der Waals surface area contributed by atoms with Crippen LogP contribution in [0, 0.1) is 5.92 Å². The highest BCUT2D eigenvalue weighted by Crippen LogP contribution is 2.56. The molecule has 0 aromatic heterocycles. The van der Waals surface area contributed by atoms with Crippen molar-refractivity contribution in [2.24, 2.45) is 5.92 Å². The van der Waals surface area contributed by atoms with Crippen molar-refractivity contribution in [1.82, 2.24) is 10.2 Å². The summed E-state index contributed by atoms with van der Waals surface area (Å²) in [6, 6.07) is 5.71. The van der Waals surface area contributed by atoms with Crippen molar-refractivity contribution in [2.45, 2.75) is 56.3 Å². The lowest BCUT2D eigenvalue weighted by atomic mass is 9.96. The van der Waals surface area contributed by atoms with E-state index >= 15 is 0 Å². The molecule has 2 heterocycles. The minimum Gasteiger partial charge on any atom is -0.480 e. The molecule has 0 bridgehead atoms. The van der Waals surface area contributed by atoms with Crippen LogP contribution in [-0.2, 0) is 9.59 Å². The van der Waals surface area contributed by atoms with Crippen LogP contribution < -0.4 is 5.32 Å². The van der Waals surface area contributed by atoms with Crippen LogP contribution in [0.25, 0.3) is 0 Å². The Morgan fingerprint density at radius 3 is 2.62 bits per heavy atom. The van der Waals surface area contributed by atoms with Gasteiger partial charge in [-0.2, -0.15) is 0 Å². The molecule has 3 rings (SSSR count). The molecule has 4 atom stereocenters. The van der Waals surface area contributed by atoms with Gasteiger partial charge in [-0.15, -0.1) is 11.8 Å². The number of fused-ring (bicyclic) bond motifs is 3. The van der Waals surface area contributed by atoms with E-state index in [1.54, 1.807) is 29.7 Å². The maximum atomic E-state index is 13.1. The van der Waals surface area contributed by atoms with E-state index in [1.807, 2.05) is 39.0 Å². The van der Waals surface area contributed by atoms with Crippen LogP contribution in [0.1, 0.15) is 55.4 Å². The molecule has 26 heavy (non-hydrogen) atoms. The molecule has 1 aromatic carbocycles. The molecule has 2 aliphatic heterocycles. The molecule has 1 aromatic rings. The molecular formula is C19H24N2O4S. The minimum absolute atomic E-state index is 0.167. The Hall–Kier alpha value is -2.02. The summed E-state index contributed by atoms with van der Waals surface area (Å²) >= 11 is 1.57. The van der Waals surface area contributed by atoms with Crippen LogP contribution in [0.3, 0.4) is 0 Å². The second-order valence-corrected chi connectivity index (χ2v) is 9.22. The average Bonchev–Trinajstić information content (AvgIpc) is 3.02. The van der Waals surface area contributed by atoms with Crippen molar-refractivity contribution in [2.75, 3.05) is 0 Å². The molecule has 2 N–H and O–H groups in total. The molecule has 1 fully saturated rings. The molecule has 2 aliphatic rings. The molecule has 0 saturated carbocycles. The van der Waals surface area contributed by atoms with Crippen molar-refractivity contribution in [3.8, 4) is 0 Å². The number of benzene rings is 1. The summed E-state index contributed by atoms with van der Waals surface area (Å²) in [5.74, 6) is -1.82. The third-order valence-corrected chi connectivity index (χ3v) is 6.86. The van der Waals surface area contributed by atoms with Crippen LogP contribution in [0.5, 0.6) is 0 Å². The van der Waals surface area contributed by atoms with E-state index in [4.69, 9.17) is 0 Å². The van der Waals surface area contributed by atoms with E-state index in [9.17, 15) is 19.5 Å². The highest BCUT2D eigenvalue weighted by atomic mass is 32.2. The molecule has 0 radical (unpaired) electrons. The largest absolute Gasteiger partial charge is 0.480 e. The third kappa shape index (κ3) is 2.88. The number of carbonyl (C=O) groups is 3. The molecule has 0 unspecified atom stereocenters. The highest BCUT2D eigenvalue weighted by molar-refractivity contribution is 8.01. The number of carboxylic acids is 1. The van der Waals surface area contributed by atoms with E-state index < -0.39 is 28.7 Å². The number of thioether (sulfide) groups is 1.